The highest BCUT2D eigenvalue weighted by atomic mass is 16.2. The second kappa shape index (κ2) is 16.9. The number of carbonyl (C=O) groups is 2. The minimum absolute atomic E-state index is 0.102. The van der Waals surface area contributed by atoms with Gasteiger partial charge in [-0.15, -0.1) is 0 Å². The van der Waals surface area contributed by atoms with E-state index < -0.39 is 0 Å². The summed E-state index contributed by atoms with van der Waals surface area (Å²) in [5.74, 6) is 1.91. The maximum Gasteiger partial charge on any atom is 0.225 e. The minimum Gasteiger partial charge on any atom is -0.351 e. The molecule has 38 heavy (non-hydrogen) atoms. The Morgan fingerprint density at radius 1 is 0.474 bits per heavy atom. The fourth-order valence-electron chi connectivity index (χ4n) is 1.59. The molecule has 0 radical (unpaired) electrons. The van der Waals surface area contributed by atoms with Gasteiger partial charge in [-0.2, -0.15) is 0 Å². The average molecular weight is 544 g/mol. The summed E-state index contributed by atoms with van der Waals surface area (Å²) >= 11 is 0. The summed E-state index contributed by atoms with van der Waals surface area (Å²) in [6, 6.07) is 0. The molecule has 0 aliphatic carbocycles. The highest BCUT2D eigenvalue weighted by Crippen LogP contribution is 2.16. The SMILES string of the molecule is CC(C)(C)CNC(C)(C)C.CC(C)(C)NC(=O)C(C)(C)C.CC(C)(C)NC(=O)C(C)(C)C.CC(C)C(C)C. The monoisotopic (exact) mass is 544 g/mol. The topological polar surface area (TPSA) is 70.2 Å². The number of rotatable bonds is 2. The van der Waals surface area contributed by atoms with E-state index in [2.05, 4.69) is 85.2 Å². The fraction of sp³-hybridized carbons (Fsp3) is 0.939. The first-order chi connectivity index (χ1) is 16.1. The van der Waals surface area contributed by atoms with Crippen molar-refractivity contribution < 1.29 is 9.59 Å². The zero-order chi connectivity index (χ0) is 32.1. The minimum atomic E-state index is -0.284. The molecular weight excluding hydrogens is 470 g/mol. The molecule has 0 aliphatic heterocycles. The molecule has 0 aromatic rings. The third-order valence-corrected chi connectivity index (χ3v) is 4.82. The van der Waals surface area contributed by atoms with Crippen molar-refractivity contribution >= 4 is 11.8 Å². The van der Waals surface area contributed by atoms with Crippen LogP contribution in [0, 0.1) is 28.1 Å². The second-order valence-corrected chi connectivity index (χ2v) is 17.6. The molecule has 0 rings (SSSR count). The largest absolute Gasteiger partial charge is 0.351 e. The van der Waals surface area contributed by atoms with E-state index in [4.69, 9.17) is 0 Å². The van der Waals surface area contributed by atoms with Gasteiger partial charge in [0.05, 0.1) is 0 Å². The first-order valence-corrected chi connectivity index (χ1v) is 14.5. The summed E-state index contributed by atoms with van der Waals surface area (Å²) < 4.78 is 0. The third kappa shape index (κ3) is 39.4. The lowest BCUT2D eigenvalue weighted by atomic mass is 9.94. The number of hydrogen-bond acceptors (Lipinski definition) is 3. The first-order valence-electron chi connectivity index (χ1n) is 14.5. The van der Waals surface area contributed by atoms with Crippen molar-refractivity contribution in [2.45, 2.75) is 169 Å². The van der Waals surface area contributed by atoms with Crippen LogP contribution in [0.2, 0.25) is 0 Å². The van der Waals surface area contributed by atoms with E-state index in [1.165, 1.54) is 0 Å². The summed E-state index contributed by atoms with van der Waals surface area (Å²) in [6.45, 7) is 46.7. The number of hydrogen-bond donors (Lipinski definition) is 3. The Morgan fingerprint density at radius 2 is 0.711 bits per heavy atom. The molecule has 232 valence electrons. The Kier molecular flexibility index (Phi) is 19.5. The van der Waals surface area contributed by atoms with Crippen LogP contribution in [0.15, 0.2) is 0 Å². The Morgan fingerprint density at radius 3 is 0.763 bits per heavy atom. The standard InChI is InChI=1S/2C9H19NO.C9H21N.C6H14/c2*1-8(2,3)7(11)10-9(4,5)6;1-8(2,3)7-10-9(4,5)6;1-5(2)6(3)4/h2*1-6H3,(H,10,11);10H,7H2,1-6H3;5-6H,1-4H3. The second-order valence-electron chi connectivity index (χ2n) is 17.6. The fourth-order valence-corrected chi connectivity index (χ4v) is 1.59. The maximum atomic E-state index is 11.4. The molecular formula is C33H73N3O2. The van der Waals surface area contributed by atoms with Crippen molar-refractivity contribution in [3.63, 3.8) is 0 Å². The molecule has 3 N–H and O–H groups in total. The van der Waals surface area contributed by atoms with Gasteiger partial charge in [0.1, 0.15) is 0 Å². The molecule has 0 atom stereocenters. The zero-order valence-electron chi connectivity index (χ0n) is 30.2. The molecule has 5 heteroatoms. The van der Waals surface area contributed by atoms with Gasteiger partial charge in [-0.05, 0) is 79.6 Å². The molecule has 0 saturated heterocycles. The van der Waals surface area contributed by atoms with Gasteiger partial charge in [0.25, 0.3) is 0 Å². The van der Waals surface area contributed by atoms with Crippen LogP contribution in [0.25, 0.3) is 0 Å². The smallest absolute Gasteiger partial charge is 0.225 e. The van der Waals surface area contributed by atoms with Gasteiger partial charge in [-0.3, -0.25) is 9.59 Å². The van der Waals surface area contributed by atoms with Crippen LogP contribution in [0.4, 0.5) is 0 Å². The van der Waals surface area contributed by atoms with Gasteiger partial charge in [-0.25, -0.2) is 0 Å². The molecule has 0 heterocycles. The van der Waals surface area contributed by atoms with Crippen molar-refractivity contribution in [3.05, 3.63) is 0 Å². The maximum absolute atomic E-state index is 11.4. The van der Waals surface area contributed by atoms with E-state index in [1.807, 2.05) is 83.1 Å². The Hall–Kier alpha value is -1.10. The summed E-state index contributed by atoms with van der Waals surface area (Å²) in [5, 5.41) is 9.30. The number of amides is 2. The van der Waals surface area contributed by atoms with Crippen LogP contribution in [0.1, 0.15) is 152 Å². The van der Waals surface area contributed by atoms with E-state index in [-0.39, 0.29) is 39.3 Å². The van der Waals surface area contributed by atoms with Crippen molar-refractivity contribution in [1.29, 1.82) is 0 Å². The molecule has 0 aromatic carbocycles. The van der Waals surface area contributed by atoms with Crippen LogP contribution < -0.4 is 16.0 Å². The number of carbonyl (C=O) groups excluding carboxylic acids is 2. The van der Waals surface area contributed by atoms with E-state index >= 15 is 0 Å². The molecule has 0 unspecified atom stereocenters. The van der Waals surface area contributed by atoms with Crippen molar-refractivity contribution in [2.24, 2.45) is 28.1 Å². The van der Waals surface area contributed by atoms with Crippen LogP contribution in [-0.2, 0) is 9.59 Å². The number of nitrogens with one attached hydrogen (secondary N) is 3. The van der Waals surface area contributed by atoms with Crippen LogP contribution >= 0.6 is 0 Å². The lowest BCUT2D eigenvalue weighted by Gasteiger charge is -2.27. The van der Waals surface area contributed by atoms with E-state index in [0.29, 0.717) is 5.41 Å². The quantitative estimate of drug-likeness (QED) is 0.326. The van der Waals surface area contributed by atoms with E-state index in [1.54, 1.807) is 0 Å². The summed E-state index contributed by atoms with van der Waals surface area (Å²) in [5.41, 5.74) is -0.157. The van der Waals surface area contributed by atoms with Gasteiger partial charge < -0.3 is 16.0 Å². The van der Waals surface area contributed by atoms with Gasteiger partial charge in [0, 0.05) is 34.0 Å². The first kappa shape index (κ1) is 43.9. The van der Waals surface area contributed by atoms with Gasteiger partial charge in [0.15, 0.2) is 0 Å². The summed E-state index contributed by atoms with van der Waals surface area (Å²) in [4.78, 5) is 22.7. The highest BCUT2D eigenvalue weighted by Gasteiger charge is 2.25. The van der Waals surface area contributed by atoms with Crippen LogP contribution in [0.5, 0.6) is 0 Å². The molecule has 0 aliphatic rings. The van der Waals surface area contributed by atoms with Crippen LogP contribution in [0.3, 0.4) is 0 Å². The predicted molar refractivity (Wildman–Crippen MR) is 172 cm³/mol. The molecule has 0 saturated carbocycles. The van der Waals surface area contributed by atoms with E-state index in [0.717, 1.165) is 18.4 Å². The lowest BCUT2D eigenvalue weighted by molar-refractivity contribution is -0.130. The average Bonchev–Trinajstić information content (AvgIpc) is 2.56. The molecule has 0 bridgehead atoms. The molecule has 0 spiro atoms. The van der Waals surface area contributed by atoms with E-state index in [9.17, 15) is 9.59 Å². The molecule has 0 aromatic heterocycles. The highest BCUT2D eigenvalue weighted by molar-refractivity contribution is 5.82. The molecule has 2 amide bonds. The Labute approximate surface area is 240 Å². The van der Waals surface area contributed by atoms with Crippen molar-refractivity contribution in [3.8, 4) is 0 Å². The van der Waals surface area contributed by atoms with Gasteiger partial charge in [-0.1, -0.05) is 90.0 Å². The Bertz CT molecular complexity index is 579. The predicted octanol–water partition coefficient (Wildman–Crippen LogP) is 8.61. The Balaban J connectivity index is -0.000000207. The lowest BCUT2D eigenvalue weighted by Crippen LogP contribution is -2.46. The zero-order valence-corrected chi connectivity index (χ0v) is 30.2. The van der Waals surface area contributed by atoms with Crippen molar-refractivity contribution in [1.82, 2.24) is 16.0 Å². The molecule has 0 fully saturated rings. The van der Waals surface area contributed by atoms with Gasteiger partial charge in [0.2, 0.25) is 11.8 Å². The van der Waals surface area contributed by atoms with Crippen LogP contribution in [-0.4, -0.2) is 35.0 Å². The summed E-state index contributed by atoms with van der Waals surface area (Å²) in [7, 11) is 0. The molecule has 5 nitrogen and oxygen atoms in total. The van der Waals surface area contributed by atoms with Gasteiger partial charge >= 0.3 is 0 Å². The normalized spacial score (nSPS) is 12.8. The summed E-state index contributed by atoms with van der Waals surface area (Å²) in [6.07, 6.45) is 0. The van der Waals surface area contributed by atoms with Crippen molar-refractivity contribution in [2.75, 3.05) is 6.54 Å². The third-order valence-electron chi connectivity index (χ3n) is 4.82.